The fourth-order valence-electron chi connectivity index (χ4n) is 3.85. The minimum Gasteiger partial charge on any atom is -0.463 e. The standard InChI is InChI=1S/C23H25F2N5O3S/c1-6-7-33-18-11-27-17(10-28-18)20(31)29-14-8-15(19(25)16(24)9-14)23(4)13(2)22(3,12-32-5)34-21(26)30-23/h1,8-11,13H,7,12H2,2-5H3,(H2,26,30)(H,29,31)/t13-,22-,23+/m1/s1. The van der Waals surface area contributed by atoms with Crippen LogP contribution < -0.4 is 15.8 Å². The van der Waals surface area contributed by atoms with Crippen molar-refractivity contribution in [1.82, 2.24) is 9.97 Å². The molecule has 8 nitrogen and oxygen atoms in total. The summed E-state index contributed by atoms with van der Waals surface area (Å²) in [6.07, 6.45) is 7.54. The summed E-state index contributed by atoms with van der Waals surface area (Å²) in [5.74, 6) is -0.736. The van der Waals surface area contributed by atoms with Gasteiger partial charge in [-0.2, -0.15) is 0 Å². The maximum atomic E-state index is 15.1. The quantitative estimate of drug-likeness (QED) is 0.574. The molecule has 0 unspecified atom stereocenters. The molecule has 1 amide bonds. The van der Waals surface area contributed by atoms with Gasteiger partial charge in [0.05, 0.1) is 24.5 Å². The van der Waals surface area contributed by atoms with Crippen molar-refractivity contribution in [2.45, 2.75) is 31.1 Å². The molecule has 2 heterocycles. The highest BCUT2D eigenvalue weighted by molar-refractivity contribution is 8.15. The van der Waals surface area contributed by atoms with Crippen LogP contribution in [-0.2, 0) is 10.3 Å². The molecule has 1 aromatic carbocycles. The Kier molecular flexibility index (Phi) is 7.43. The molecule has 0 saturated carbocycles. The Hall–Kier alpha value is -3.23. The Morgan fingerprint density at radius 2 is 2.06 bits per heavy atom. The molecule has 34 heavy (non-hydrogen) atoms. The zero-order valence-corrected chi connectivity index (χ0v) is 20.0. The van der Waals surface area contributed by atoms with Crippen molar-refractivity contribution in [1.29, 1.82) is 0 Å². The SMILES string of the molecule is C#CCOc1cnc(C(=O)Nc2cc(F)c(F)c([C@@]3(C)N=C(N)S[C@](C)(COC)[C@H]3C)c2)cn1. The molecule has 3 N–H and O–H groups in total. The number of hydrogen-bond donors (Lipinski definition) is 2. The number of anilines is 1. The molecule has 3 atom stereocenters. The van der Waals surface area contributed by atoms with E-state index in [1.54, 1.807) is 14.0 Å². The lowest BCUT2D eigenvalue weighted by molar-refractivity contribution is 0.102. The van der Waals surface area contributed by atoms with Crippen LogP contribution in [0.15, 0.2) is 29.5 Å². The fourth-order valence-corrected chi connectivity index (χ4v) is 5.15. The third kappa shape index (κ3) is 4.98. The predicted molar refractivity (Wildman–Crippen MR) is 127 cm³/mol. The summed E-state index contributed by atoms with van der Waals surface area (Å²) in [6.45, 7) is 5.82. The van der Waals surface area contributed by atoms with E-state index in [1.807, 2.05) is 13.8 Å². The molecule has 2 aromatic rings. The van der Waals surface area contributed by atoms with Crippen LogP contribution in [0.2, 0.25) is 0 Å². The van der Waals surface area contributed by atoms with Gasteiger partial charge in [0.15, 0.2) is 23.4 Å². The Bertz CT molecular complexity index is 1150. The van der Waals surface area contributed by atoms with Crippen molar-refractivity contribution < 1.29 is 23.0 Å². The van der Waals surface area contributed by atoms with Crippen LogP contribution in [0.5, 0.6) is 5.88 Å². The first kappa shape index (κ1) is 25.4. The van der Waals surface area contributed by atoms with Crippen LogP contribution in [0.4, 0.5) is 14.5 Å². The number of hydrogen-bond acceptors (Lipinski definition) is 8. The summed E-state index contributed by atoms with van der Waals surface area (Å²) >= 11 is 1.33. The molecule has 0 bridgehead atoms. The lowest BCUT2D eigenvalue weighted by atomic mass is 9.74. The Morgan fingerprint density at radius 1 is 1.32 bits per heavy atom. The van der Waals surface area contributed by atoms with Gasteiger partial charge in [0.25, 0.3) is 5.91 Å². The van der Waals surface area contributed by atoms with Gasteiger partial charge in [-0.3, -0.25) is 9.79 Å². The predicted octanol–water partition coefficient (Wildman–Crippen LogP) is 3.34. The van der Waals surface area contributed by atoms with Crippen molar-refractivity contribution in [3.8, 4) is 18.2 Å². The maximum Gasteiger partial charge on any atom is 0.275 e. The van der Waals surface area contributed by atoms with Crippen LogP contribution in [0.25, 0.3) is 0 Å². The second-order valence-electron chi connectivity index (χ2n) is 8.17. The maximum absolute atomic E-state index is 15.1. The van der Waals surface area contributed by atoms with E-state index < -0.39 is 27.8 Å². The molecule has 1 aromatic heterocycles. The number of nitrogens with one attached hydrogen (secondary N) is 1. The number of thioether (sulfide) groups is 1. The molecule has 0 saturated heterocycles. The number of nitrogens with zero attached hydrogens (tertiary/aromatic N) is 3. The van der Waals surface area contributed by atoms with Gasteiger partial charge < -0.3 is 20.5 Å². The first-order valence-corrected chi connectivity index (χ1v) is 11.1. The largest absolute Gasteiger partial charge is 0.463 e. The number of aromatic nitrogens is 2. The summed E-state index contributed by atoms with van der Waals surface area (Å²) in [4.78, 5) is 25.0. The van der Waals surface area contributed by atoms with E-state index in [1.165, 1.54) is 30.2 Å². The van der Waals surface area contributed by atoms with Gasteiger partial charge in [-0.25, -0.2) is 18.7 Å². The average Bonchev–Trinajstić information content (AvgIpc) is 2.78. The monoisotopic (exact) mass is 489 g/mol. The lowest BCUT2D eigenvalue weighted by Crippen LogP contribution is -2.50. The van der Waals surface area contributed by atoms with E-state index in [-0.39, 0.29) is 40.5 Å². The molecule has 0 spiro atoms. The van der Waals surface area contributed by atoms with Crippen LogP contribution in [0, 0.1) is 29.9 Å². The van der Waals surface area contributed by atoms with Crippen molar-refractivity contribution >= 4 is 28.5 Å². The van der Waals surface area contributed by atoms with Crippen molar-refractivity contribution in [3.05, 3.63) is 47.4 Å². The van der Waals surface area contributed by atoms with E-state index in [2.05, 4.69) is 26.2 Å². The van der Waals surface area contributed by atoms with Crippen molar-refractivity contribution in [3.63, 3.8) is 0 Å². The van der Waals surface area contributed by atoms with E-state index in [0.29, 0.717) is 6.61 Å². The van der Waals surface area contributed by atoms with Gasteiger partial charge in [-0.15, -0.1) is 6.42 Å². The highest BCUT2D eigenvalue weighted by Crippen LogP contribution is 2.50. The number of aliphatic imine (C=N–C) groups is 1. The highest BCUT2D eigenvalue weighted by atomic mass is 32.2. The van der Waals surface area contributed by atoms with Gasteiger partial charge >= 0.3 is 0 Å². The van der Waals surface area contributed by atoms with Crippen LogP contribution in [0.3, 0.4) is 0 Å². The Labute approximate surface area is 200 Å². The number of amides is 1. The first-order chi connectivity index (χ1) is 16.0. The van der Waals surface area contributed by atoms with Crippen molar-refractivity contribution in [2.75, 3.05) is 25.6 Å². The number of nitrogens with two attached hydrogens (primary N) is 1. The minimum atomic E-state index is -1.22. The van der Waals surface area contributed by atoms with Gasteiger partial charge in [-0.1, -0.05) is 24.6 Å². The molecule has 0 fully saturated rings. The molecule has 3 rings (SSSR count). The lowest BCUT2D eigenvalue weighted by Gasteiger charge is -2.47. The van der Waals surface area contributed by atoms with Crippen molar-refractivity contribution in [2.24, 2.45) is 16.6 Å². The third-order valence-corrected chi connectivity index (χ3v) is 7.10. The second kappa shape index (κ2) is 9.95. The summed E-state index contributed by atoms with van der Waals surface area (Å²) < 4.78 is 39.7. The molecule has 11 heteroatoms. The van der Waals surface area contributed by atoms with Crippen LogP contribution in [-0.4, -0.2) is 46.1 Å². The summed E-state index contributed by atoms with van der Waals surface area (Å²) in [5.41, 5.74) is 4.80. The Balaban J connectivity index is 1.94. The van der Waals surface area contributed by atoms with Gasteiger partial charge in [-0.05, 0) is 19.9 Å². The number of rotatable bonds is 7. The van der Waals surface area contributed by atoms with Crippen LogP contribution in [0.1, 0.15) is 36.8 Å². The van der Waals surface area contributed by atoms with E-state index in [4.69, 9.17) is 21.6 Å². The fraction of sp³-hybridized carbons (Fsp3) is 0.391. The molecule has 0 aliphatic carbocycles. The molecule has 1 aliphatic rings. The second-order valence-corrected chi connectivity index (χ2v) is 9.73. The van der Waals surface area contributed by atoms with E-state index in [0.717, 1.165) is 6.07 Å². The summed E-state index contributed by atoms with van der Waals surface area (Å²) in [6, 6.07) is 2.24. The molecule has 1 aliphatic heterocycles. The van der Waals surface area contributed by atoms with E-state index >= 15 is 4.39 Å². The topological polar surface area (TPSA) is 112 Å². The number of methoxy groups -OCH3 is 1. The minimum absolute atomic E-state index is 0.00394. The zero-order chi connectivity index (χ0) is 25.1. The highest BCUT2D eigenvalue weighted by Gasteiger charge is 2.50. The number of benzene rings is 1. The molecular formula is C23H25F2N5O3S. The van der Waals surface area contributed by atoms with Gasteiger partial charge in [0, 0.05) is 35.1 Å². The number of terminal acetylenes is 1. The zero-order valence-electron chi connectivity index (χ0n) is 19.2. The van der Waals surface area contributed by atoms with Gasteiger partial charge in [0.2, 0.25) is 5.88 Å². The first-order valence-electron chi connectivity index (χ1n) is 10.3. The van der Waals surface area contributed by atoms with E-state index in [9.17, 15) is 9.18 Å². The Morgan fingerprint density at radius 3 is 2.68 bits per heavy atom. The molecular weight excluding hydrogens is 464 g/mol. The summed E-state index contributed by atoms with van der Waals surface area (Å²) in [5, 5.41) is 2.76. The van der Waals surface area contributed by atoms with Crippen LogP contribution >= 0.6 is 11.8 Å². The number of amidine groups is 1. The smallest absolute Gasteiger partial charge is 0.275 e. The summed E-state index contributed by atoms with van der Waals surface area (Å²) in [7, 11) is 1.56. The number of halogens is 2. The molecule has 0 radical (unpaired) electrons. The molecule has 180 valence electrons. The normalized spacial score (nSPS) is 24.1. The average molecular weight is 490 g/mol. The number of ether oxygens (including phenoxy) is 2. The third-order valence-electron chi connectivity index (χ3n) is 5.87. The number of carbonyl (C=O) groups is 1. The van der Waals surface area contributed by atoms with Gasteiger partial charge in [0.1, 0.15) is 5.69 Å². The number of carbonyl (C=O) groups excluding carboxylic acids is 1.